The molecule has 0 radical (unpaired) electrons. The Bertz CT molecular complexity index is 358. The third kappa shape index (κ3) is 4.00. The molecule has 0 heterocycles. The van der Waals surface area contributed by atoms with Gasteiger partial charge in [0.05, 0.1) is 12.5 Å². The SMILES string of the molecule is CN(CC(N)=NO)C(=O)C1CCCCC1C(F)(F)F. The van der Waals surface area contributed by atoms with Crippen molar-refractivity contribution >= 4 is 11.7 Å². The maximum atomic E-state index is 12.9. The second-order valence-electron chi connectivity index (χ2n) is 4.82. The maximum Gasteiger partial charge on any atom is 0.392 e. The minimum absolute atomic E-state index is 0.0165. The summed E-state index contributed by atoms with van der Waals surface area (Å²) in [6, 6.07) is 0. The van der Waals surface area contributed by atoms with Gasteiger partial charge in [-0.1, -0.05) is 18.0 Å². The van der Waals surface area contributed by atoms with Gasteiger partial charge in [-0.05, 0) is 12.8 Å². The number of carbonyl (C=O) groups is 1. The summed E-state index contributed by atoms with van der Waals surface area (Å²) in [6.45, 7) is -0.184. The maximum absolute atomic E-state index is 12.9. The van der Waals surface area contributed by atoms with Crippen LogP contribution in [0.1, 0.15) is 25.7 Å². The van der Waals surface area contributed by atoms with E-state index >= 15 is 0 Å². The number of rotatable bonds is 3. The van der Waals surface area contributed by atoms with Crippen LogP contribution in [-0.4, -0.2) is 41.6 Å². The van der Waals surface area contributed by atoms with Gasteiger partial charge in [-0.2, -0.15) is 13.2 Å². The van der Waals surface area contributed by atoms with Crippen LogP contribution in [0, 0.1) is 11.8 Å². The highest BCUT2D eigenvalue weighted by Crippen LogP contribution is 2.42. The number of nitrogens with two attached hydrogens (primary N) is 1. The van der Waals surface area contributed by atoms with Crippen LogP contribution >= 0.6 is 0 Å². The molecule has 5 nitrogen and oxygen atoms in total. The largest absolute Gasteiger partial charge is 0.409 e. The summed E-state index contributed by atoms with van der Waals surface area (Å²) < 4.78 is 38.7. The first-order valence-corrected chi connectivity index (χ1v) is 6.05. The highest BCUT2D eigenvalue weighted by atomic mass is 19.4. The highest BCUT2D eigenvalue weighted by molar-refractivity contribution is 5.87. The molecule has 0 bridgehead atoms. The fourth-order valence-electron chi connectivity index (χ4n) is 2.45. The van der Waals surface area contributed by atoms with Gasteiger partial charge in [-0.25, -0.2) is 0 Å². The van der Waals surface area contributed by atoms with Crippen molar-refractivity contribution in [1.82, 2.24) is 4.90 Å². The van der Waals surface area contributed by atoms with Gasteiger partial charge < -0.3 is 15.8 Å². The molecular weight excluding hydrogens is 263 g/mol. The Labute approximate surface area is 109 Å². The van der Waals surface area contributed by atoms with E-state index in [1.165, 1.54) is 7.05 Å². The fourth-order valence-corrected chi connectivity index (χ4v) is 2.45. The van der Waals surface area contributed by atoms with Crippen LogP contribution in [0.5, 0.6) is 0 Å². The van der Waals surface area contributed by atoms with E-state index in [0.717, 1.165) is 4.90 Å². The van der Waals surface area contributed by atoms with Crippen molar-refractivity contribution in [3.8, 4) is 0 Å². The van der Waals surface area contributed by atoms with E-state index in [-0.39, 0.29) is 25.2 Å². The Morgan fingerprint density at radius 3 is 2.53 bits per heavy atom. The average molecular weight is 281 g/mol. The molecule has 1 saturated carbocycles. The molecule has 1 fully saturated rings. The number of oxime groups is 1. The van der Waals surface area contributed by atoms with Crippen molar-refractivity contribution in [1.29, 1.82) is 0 Å². The lowest BCUT2D eigenvalue weighted by molar-refractivity contribution is -0.200. The average Bonchev–Trinajstić information content (AvgIpc) is 2.36. The van der Waals surface area contributed by atoms with Crippen molar-refractivity contribution < 1.29 is 23.2 Å². The van der Waals surface area contributed by atoms with Crippen molar-refractivity contribution in [3.05, 3.63) is 0 Å². The molecule has 8 heteroatoms. The molecule has 1 rings (SSSR count). The molecule has 1 aliphatic rings. The Morgan fingerprint density at radius 1 is 1.42 bits per heavy atom. The molecule has 19 heavy (non-hydrogen) atoms. The molecule has 0 aromatic carbocycles. The Kier molecular flexibility index (Phi) is 5.02. The number of carbonyl (C=O) groups excluding carboxylic acids is 1. The number of hydrogen-bond acceptors (Lipinski definition) is 3. The standard InChI is InChI=1S/C11H18F3N3O2/c1-17(6-9(15)16-19)10(18)7-4-2-3-5-8(7)11(12,13)14/h7-8,19H,2-6H2,1H3,(H2,15,16). The van der Waals surface area contributed by atoms with E-state index in [4.69, 9.17) is 10.9 Å². The Balaban J connectivity index is 2.77. The zero-order chi connectivity index (χ0) is 14.6. The highest BCUT2D eigenvalue weighted by Gasteiger charge is 2.48. The number of amides is 1. The minimum atomic E-state index is -4.36. The molecular formula is C11H18F3N3O2. The van der Waals surface area contributed by atoms with Crippen molar-refractivity contribution in [2.75, 3.05) is 13.6 Å². The van der Waals surface area contributed by atoms with Gasteiger partial charge in [0.1, 0.15) is 0 Å². The van der Waals surface area contributed by atoms with E-state index in [9.17, 15) is 18.0 Å². The smallest absolute Gasteiger partial charge is 0.392 e. The summed E-state index contributed by atoms with van der Waals surface area (Å²) in [5, 5.41) is 11.1. The first-order chi connectivity index (χ1) is 8.77. The van der Waals surface area contributed by atoms with Crippen LogP contribution in [0.3, 0.4) is 0 Å². The summed E-state index contributed by atoms with van der Waals surface area (Å²) in [6.07, 6.45) is -3.06. The van der Waals surface area contributed by atoms with Crippen LogP contribution in [0.4, 0.5) is 13.2 Å². The predicted octanol–water partition coefficient (Wildman–Crippen LogP) is 1.56. The quantitative estimate of drug-likeness (QED) is 0.356. The van der Waals surface area contributed by atoms with Gasteiger partial charge in [0.25, 0.3) is 0 Å². The second-order valence-corrected chi connectivity index (χ2v) is 4.82. The van der Waals surface area contributed by atoms with Crippen molar-refractivity contribution in [2.24, 2.45) is 22.7 Å². The summed E-state index contributed by atoms with van der Waals surface area (Å²) >= 11 is 0. The molecule has 0 aromatic heterocycles. The zero-order valence-electron chi connectivity index (χ0n) is 10.7. The van der Waals surface area contributed by atoms with E-state index < -0.39 is 23.9 Å². The predicted molar refractivity (Wildman–Crippen MR) is 62.5 cm³/mol. The minimum Gasteiger partial charge on any atom is -0.409 e. The molecule has 2 unspecified atom stereocenters. The van der Waals surface area contributed by atoms with E-state index in [0.29, 0.717) is 12.8 Å². The summed E-state index contributed by atoms with van der Waals surface area (Å²) in [4.78, 5) is 13.1. The van der Waals surface area contributed by atoms with Crippen LogP contribution < -0.4 is 5.73 Å². The monoisotopic (exact) mass is 281 g/mol. The van der Waals surface area contributed by atoms with Gasteiger partial charge in [0.15, 0.2) is 5.84 Å². The number of hydrogen-bond donors (Lipinski definition) is 2. The normalized spacial score (nSPS) is 25.2. The number of nitrogens with zero attached hydrogens (tertiary/aromatic N) is 2. The van der Waals surface area contributed by atoms with Gasteiger partial charge in [-0.15, -0.1) is 0 Å². The fraction of sp³-hybridized carbons (Fsp3) is 0.818. The summed E-state index contributed by atoms with van der Waals surface area (Å²) in [7, 11) is 1.35. The van der Waals surface area contributed by atoms with Crippen molar-refractivity contribution in [3.63, 3.8) is 0 Å². The molecule has 0 aliphatic heterocycles. The molecule has 0 aromatic rings. The van der Waals surface area contributed by atoms with Gasteiger partial charge >= 0.3 is 6.18 Å². The number of likely N-dealkylation sites (N-methyl/N-ethyl adjacent to an activating group) is 1. The zero-order valence-corrected chi connectivity index (χ0v) is 10.7. The van der Waals surface area contributed by atoms with E-state index in [1.807, 2.05) is 0 Å². The Hall–Kier alpha value is -1.47. The first kappa shape index (κ1) is 15.6. The lowest BCUT2D eigenvalue weighted by Gasteiger charge is -2.34. The summed E-state index contributed by atoms with van der Waals surface area (Å²) in [5.74, 6) is -3.47. The van der Waals surface area contributed by atoms with Crippen LogP contribution in [0.15, 0.2) is 5.16 Å². The number of halogens is 3. The third-order valence-electron chi connectivity index (χ3n) is 3.41. The molecule has 3 N–H and O–H groups in total. The first-order valence-electron chi connectivity index (χ1n) is 6.05. The van der Waals surface area contributed by atoms with Crippen LogP contribution in [-0.2, 0) is 4.79 Å². The van der Waals surface area contributed by atoms with Gasteiger partial charge in [0.2, 0.25) is 5.91 Å². The van der Waals surface area contributed by atoms with Crippen LogP contribution in [0.25, 0.3) is 0 Å². The molecule has 0 saturated heterocycles. The molecule has 1 aliphatic carbocycles. The number of amidine groups is 1. The van der Waals surface area contributed by atoms with E-state index in [1.54, 1.807) is 0 Å². The van der Waals surface area contributed by atoms with Crippen LogP contribution in [0.2, 0.25) is 0 Å². The lowest BCUT2D eigenvalue weighted by Crippen LogP contribution is -2.45. The molecule has 0 spiro atoms. The molecule has 1 amide bonds. The van der Waals surface area contributed by atoms with Gasteiger partial charge in [0, 0.05) is 13.0 Å². The van der Waals surface area contributed by atoms with Crippen molar-refractivity contribution in [2.45, 2.75) is 31.9 Å². The lowest BCUT2D eigenvalue weighted by atomic mass is 9.78. The Morgan fingerprint density at radius 2 is 2.00 bits per heavy atom. The third-order valence-corrected chi connectivity index (χ3v) is 3.41. The molecule has 110 valence electrons. The molecule has 2 atom stereocenters. The van der Waals surface area contributed by atoms with E-state index in [2.05, 4.69) is 5.16 Å². The number of alkyl halides is 3. The van der Waals surface area contributed by atoms with Gasteiger partial charge in [-0.3, -0.25) is 4.79 Å². The second kappa shape index (κ2) is 6.12. The topological polar surface area (TPSA) is 78.9 Å². The summed E-state index contributed by atoms with van der Waals surface area (Å²) in [5.41, 5.74) is 5.25.